The second-order valence-electron chi connectivity index (χ2n) is 4.40. The van der Waals surface area contributed by atoms with Gasteiger partial charge in [-0.05, 0) is 12.5 Å². The Bertz CT molecular complexity index is 432. The number of nitrogens with one attached hydrogen (secondary N) is 1. The molecule has 0 aliphatic carbocycles. The minimum absolute atomic E-state index is 0.270. The zero-order chi connectivity index (χ0) is 14.7. The van der Waals surface area contributed by atoms with Crippen molar-refractivity contribution in [1.82, 2.24) is 5.32 Å². The second kappa shape index (κ2) is 6.32. The third-order valence-electron chi connectivity index (χ3n) is 3.19. The third-order valence-corrected chi connectivity index (χ3v) is 3.19. The molecule has 19 heavy (non-hydrogen) atoms. The molecule has 0 bridgehead atoms. The Kier molecular flexibility index (Phi) is 5.29. The van der Waals surface area contributed by atoms with Crippen molar-refractivity contribution in [2.45, 2.75) is 33.2 Å². The smallest absolute Gasteiger partial charge is 0.200 e. The van der Waals surface area contributed by atoms with E-state index in [-0.39, 0.29) is 5.92 Å². The SMILES string of the molecule is CCNC(c1c(F)c(F)c(F)c(F)c1F)C(C)CC. The van der Waals surface area contributed by atoms with Crippen molar-refractivity contribution in [2.24, 2.45) is 5.92 Å². The molecule has 0 spiro atoms. The van der Waals surface area contributed by atoms with E-state index in [1.54, 1.807) is 20.8 Å². The van der Waals surface area contributed by atoms with Crippen molar-refractivity contribution in [2.75, 3.05) is 6.54 Å². The molecule has 0 saturated heterocycles. The van der Waals surface area contributed by atoms with E-state index in [1.807, 2.05) is 0 Å². The highest BCUT2D eigenvalue weighted by Gasteiger charge is 2.31. The molecule has 0 aromatic heterocycles. The third kappa shape index (κ3) is 2.88. The lowest BCUT2D eigenvalue weighted by atomic mass is 9.91. The molecule has 1 nitrogen and oxygen atoms in total. The van der Waals surface area contributed by atoms with Crippen LogP contribution < -0.4 is 5.32 Å². The molecule has 0 fully saturated rings. The van der Waals surface area contributed by atoms with Crippen molar-refractivity contribution < 1.29 is 22.0 Å². The van der Waals surface area contributed by atoms with Crippen molar-refractivity contribution >= 4 is 0 Å². The molecule has 108 valence electrons. The van der Waals surface area contributed by atoms with Crippen molar-refractivity contribution in [3.05, 3.63) is 34.6 Å². The van der Waals surface area contributed by atoms with Gasteiger partial charge in [-0.15, -0.1) is 0 Å². The van der Waals surface area contributed by atoms with Gasteiger partial charge in [0.15, 0.2) is 23.3 Å². The molecular weight excluding hydrogens is 265 g/mol. The van der Waals surface area contributed by atoms with Crippen LogP contribution in [0.3, 0.4) is 0 Å². The van der Waals surface area contributed by atoms with Gasteiger partial charge < -0.3 is 5.32 Å². The quantitative estimate of drug-likeness (QED) is 0.487. The van der Waals surface area contributed by atoms with Gasteiger partial charge >= 0.3 is 0 Å². The van der Waals surface area contributed by atoms with Crippen LogP contribution in [-0.2, 0) is 0 Å². The molecule has 0 saturated carbocycles. The number of halogens is 5. The van der Waals surface area contributed by atoms with E-state index in [4.69, 9.17) is 0 Å². The van der Waals surface area contributed by atoms with E-state index in [9.17, 15) is 22.0 Å². The fourth-order valence-corrected chi connectivity index (χ4v) is 1.94. The van der Waals surface area contributed by atoms with Gasteiger partial charge in [0.25, 0.3) is 0 Å². The summed E-state index contributed by atoms with van der Waals surface area (Å²) < 4.78 is 66.8. The van der Waals surface area contributed by atoms with Crippen molar-refractivity contribution in [1.29, 1.82) is 0 Å². The first kappa shape index (κ1) is 15.9. The minimum Gasteiger partial charge on any atom is -0.310 e. The van der Waals surface area contributed by atoms with Gasteiger partial charge in [0.05, 0.1) is 0 Å². The van der Waals surface area contributed by atoms with Gasteiger partial charge in [0.2, 0.25) is 5.82 Å². The lowest BCUT2D eigenvalue weighted by Gasteiger charge is -2.25. The molecule has 2 unspecified atom stereocenters. The Morgan fingerprint density at radius 2 is 1.26 bits per heavy atom. The summed E-state index contributed by atoms with van der Waals surface area (Å²) in [5.41, 5.74) is -0.785. The lowest BCUT2D eigenvalue weighted by molar-refractivity contribution is 0.322. The standard InChI is InChI=1S/C13H16F5N/c1-4-6(3)13(19-5-2)7-8(14)10(16)12(18)11(17)9(7)15/h6,13,19H,4-5H2,1-3H3. The van der Waals surface area contributed by atoms with E-state index < -0.39 is 40.7 Å². The summed E-state index contributed by atoms with van der Waals surface area (Å²) in [7, 11) is 0. The molecule has 0 radical (unpaired) electrons. The maximum Gasteiger partial charge on any atom is 0.200 e. The first-order chi connectivity index (χ1) is 8.86. The molecular formula is C13H16F5N. The van der Waals surface area contributed by atoms with Crippen LogP contribution in [0, 0.1) is 35.0 Å². The van der Waals surface area contributed by atoms with Crippen LogP contribution >= 0.6 is 0 Å². The number of hydrogen-bond donors (Lipinski definition) is 1. The van der Waals surface area contributed by atoms with Gasteiger partial charge in [0.1, 0.15) is 0 Å². The normalized spacial score (nSPS) is 14.5. The molecule has 0 aliphatic heterocycles. The summed E-state index contributed by atoms with van der Waals surface area (Å²) >= 11 is 0. The summed E-state index contributed by atoms with van der Waals surface area (Å²) in [6, 6.07) is -0.917. The average Bonchev–Trinajstić information content (AvgIpc) is 2.41. The summed E-state index contributed by atoms with van der Waals surface area (Å²) in [6.45, 7) is 5.52. The minimum atomic E-state index is -2.13. The number of benzene rings is 1. The Labute approximate surface area is 108 Å². The fraction of sp³-hybridized carbons (Fsp3) is 0.538. The first-order valence-electron chi connectivity index (χ1n) is 6.11. The van der Waals surface area contributed by atoms with Crippen molar-refractivity contribution in [3.8, 4) is 0 Å². The molecule has 0 aliphatic rings. The predicted octanol–water partition coefficient (Wildman–Crippen LogP) is 4.08. The number of hydrogen-bond acceptors (Lipinski definition) is 1. The van der Waals surface area contributed by atoms with E-state index >= 15 is 0 Å². The molecule has 1 rings (SSSR count). The molecule has 1 aromatic carbocycles. The molecule has 1 aromatic rings. The monoisotopic (exact) mass is 281 g/mol. The molecule has 0 amide bonds. The largest absolute Gasteiger partial charge is 0.310 e. The Morgan fingerprint density at radius 3 is 1.63 bits per heavy atom. The molecule has 1 N–H and O–H groups in total. The van der Waals surface area contributed by atoms with E-state index in [0.717, 1.165) is 0 Å². The molecule has 2 atom stereocenters. The van der Waals surface area contributed by atoms with Gasteiger partial charge in [-0.1, -0.05) is 27.2 Å². The van der Waals surface area contributed by atoms with Crippen LogP contribution in [0.4, 0.5) is 22.0 Å². The van der Waals surface area contributed by atoms with E-state index in [0.29, 0.717) is 13.0 Å². The molecule has 0 heterocycles. The van der Waals surface area contributed by atoms with Gasteiger partial charge in [-0.2, -0.15) is 0 Å². The average molecular weight is 281 g/mol. The van der Waals surface area contributed by atoms with Crippen LogP contribution in [-0.4, -0.2) is 6.54 Å². The highest BCUT2D eigenvalue weighted by atomic mass is 19.2. The highest BCUT2D eigenvalue weighted by molar-refractivity contribution is 5.27. The predicted molar refractivity (Wildman–Crippen MR) is 62.1 cm³/mol. The highest BCUT2D eigenvalue weighted by Crippen LogP contribution is 2.32. The Hall–Kier alpha value is -1.17. The van der Waals surface area contributed by atoms with Gasteiger partial charge in [-0.25, -0.2) is 22.0 Å². The Morgan fingerprint density at radius 1 is 0.842 bits per heavy atom. The summed E-state index contributed by atoms with van der Waals surface area (Å²) in [4.78, 5) is 0. The second-order valence-corrected chi connectivity index (χ2v) is 4.40. The van der Waals surface area contributed by atoms with Crippen molar-refractivity contribution in [3.63, 3.8) is 0 Å². The summed E-state index contributed by atoms with van der Waals surface area (Å²) in [6.07, 6.45) is 0.539. The summed E-state index contributed by atoms with van der Waals surface area (Å²) in [5.74, 6) is -9.73. The molecule has 6 heteroatoms. The maximum absolute atomic E-state index is 13.7. The zero-order valence-electron chi connectivity index (χ0n) is 11.0. The lowest BCUT2D eigenvalue weighted by Crippen LogP contribution is -2.29. The van der Waals surface area contributed by atoms with Gasteiger partial charge in [-0.3, -0.25) is 0 Å². The van der Waals surface area contributed by atoms with Gasteiger partial charge in [0, 0.05) is 11.6 Å². The maximum atomic E-state index is 13.7. The Balaban J connectivity index is 3.46. The number of rotatable bonds is 5. The zero-order valence-corrected chi connectivity index (χ0v) is 11.0. The van der Waals surface area contributed by atoms with Crippen LogP contribution in [0.5, 0.6) is 0 Å². The fourth-order valence-electron chi connectivity index (χ4n) is 1.94. The topological polar surface area (TPSA) is 12.0 Å². The van der Waals surface area contributed by atoms with E-state index in [2.05, 4.69) is 5.32 Å². The van der Waals surface area contributed by atoms with E-state index in [1.165, 1.54) is 0 Å². The van der Waals surface area contributed by atoms with Crippen LogP contribution in [0.1, 0.15) is 38.8 Å². The van der Waals surface area contributed by atoms with Crippen LogP contribution in [0.15, 0.2) is 0 Å². The summed E-state index contributed by atoms with van der Waals surface area (Å²) in [5, 5.41) is 2.77. The van der Waals surface area contributed by atoms with Crippen LogP contribution in [0.2, 0.25) is 0 Å². The first-order valence-corrected chi connectivity index (χ1v) is 6.11. The van der Waals surface area contributed by atoms with Crippen LogP contribution in [0.25, 0.3) is 0 Å².